The highest BCUT2D eigenvalue weighted by Gasteiger charge is 2.33. The standard InChI is InChI=1S/C15H31NO/c1-11-7-14(10-15(4,5)9-11)17-13(3)8-12(2)16-6/h11-14,16H,7-10H2,1-6H3. The van der Waals surface area contributed by atoms with Crippen molar-refractivity contribution in [1.29, 1.82) is 0 Å². The zero-order valence-electron chi connectivity index (χ0n) is 12.5. The molecule has 1 rings (SSSR count). The SMILES string of the molecule is CNC(C)CC(C)OC1CC(C)CC(C)(C)C1. The summed E-state index contributed by atoms with van der Waals surface area (Å²) >= 11 is 0. The largest absolute Gasteiger partial charge is 0.375 e. The van der Waals surface area contributed by atoms with Crippen molar-refractivity contribution in [3.8, 4) is 0 Å². The van der Waals surface area contributed by atoms with Crippen LogP contribution in [0.1, 0.15) is 60.3 Å². The monoisotopic (exact) mass is 241 g/mol. The van der Waals surface area contributed by atoms with Gasteiger partial charge >= 0.3 is 0 Å². The first-order valence-electron chi connectivity index (χ1n) is 7.15. The maximum atomic E-state index is 6.23. The summed E-state index contributed by atoms with van der Waals surface area (Å²) in [6.45, 7) is 11.5. The number of hydrogen-bond donors (Lipinski definition) is 1. The normalized spacial score (nSPS) is 32.1. The Balaban J connectivity index is 2.40. The molecule has 0 bridgehead atoms. The summed E-state index contributed by atoms with van der Waals surface area (Å²) in [5.41, 5.74) is 0.455. The van der Waals surface area contributed by atoms with Crippen molar-refractivity contribution < 1.29 is 4.74 Å². The van der Waals surface area contributed by atoms with Crippen molar-refractivity contribution in [2.75, 3.05) is 7.05 Å². The lowest BCUT2D eigenvalue weighted by Crippen LogP contribution is -2.36. The number of hydrogen-bond acceptors (Lipinski definition) is 2. The Morgan fingerprint density at radius 3 is 2.47 bits per heavy atom. The fourth-order valence-corrected chi connectivity index (χ4v) is 3.36. The van der Waals surface area contributed by atoms with E-state index in [1.54, 1.807) is 0 Å². The molecule has 0 aromatic carbocycles. The van der Waals surface area contributed by atoms with Crippen LogP contribution in [-0.2, 0) is 4.74 Å². The van der Waals surface area contributed by atoms with Crippen LogP contribution in [-0.4, -0.2) is 25.3 Å². The molecule has 102 valence electrons. The summed E-state index contributed by atoms with van der Waals surface area (Å²) in [4.78, 5) is 0. The highest BCUT2D eigenvalue weighted by Crippen LogP contribution is 2.40. The molecule has 4 unspecified atom stereocenters. The summed E-state index contributed by atoms with van der Waals surface area (Å²) < 4.78 is 6.23. The van der Waals surface area contributed by atoms with Crippen LogP contribution in [0.25, 0.3) is 0 Å². The molecule has 1 aliphatic carbocycles. The third-order valence-electron chi connectivity index (χ3n) is 3.95. The average molecular weight is 241 g/mol. The van der Waals surface area contributed by atoms with Gasteiger partial charge in [-0.3, -0.25) is 0 Å². The maximum absolute atomic E-state index is 6.23. The Morgan fingerprint density at radius 2 is 1.94 bits per heavy atom. The van der Waals surface area contributed by atoms with E-state index in [1.165, 1.54) is 19.3 Å². The van der Waals surface area contributed by atoms with Crippen molar-refractivity contribution in [2.24, 2.45) is 11.3 Å². The Hall–Kier alpha value is -0.0800. The van der Waals surface area contributed by atoms with Gasteiger partial charge < -0.3 is 10.1 Å². The van der Waals surface area contributed by atoms with Gasteiger partial charge in [-0.2, -0.15) is 0 Å². The quantitative estimate of drug-likeness (QED) is 0.794. The van der Waals surface area contributed by atoms with Gasteiger partial charge in [0.25, 0.3) is 0 Å². The molecule has 0 saturated heterocycles. The van der Waals surface area contributed by atoms with Crippen molar-refractivity contribution >= 4 is 0 Å². The summed E-state index contributed by atoms with van der Waals surface area (Å²) in [7, 11) is 2.02. The fourth-order valence-electron chi connectivity index (χ4n) is 3.36. The second-order valence-corrected chi connectivity index (χ2v) is 6.91. The average Bonchev–Trinajstić information content (AvgIpc) is 2.13. The third kappa shape index (κ3) is 5.39. The first kappa shape index (κ1) is 15.0. The molecule has 2 nitrogen and oxygen atoms in total. The molecule has 2 heteroatoms. The topological polar surface area (TPSA) is 21.3 Å². The maximum Gasteiger partial charge on any atom is 0.0586 e. The highest BCUT2D eigenvalue weighted by molar-refractivity contribution is 4.84. The molecule has 4 atom stereocenters. The second kappa shape index (κ2) is 6.19. The van der Waals surface area contributed by atoms with Gasteiger partial charge in [-0.25, -0.2) is 0 Å². The van der Waals surface area contributed by atoms with E-state index in [0.717, 1.165) is 12.3 Å². The van der Waals surface area contributed by atoms with Crippen LogP contribution in [0.5, 0.6) is 0 Å². The van der Waals surface area contributed by atoms with E-state index in [-0.39, 0.29) is 0 Å². The first-order chi connectivity index (χ1) is 7.82. The van der Waals surface area contributed by atoms with Gasteiger partial charge in [-0.1, -0.05) is 20.8 Å². The number of rotatable bonds is 5. The lowest BCUT2D eigenvalue weighted by Gasteiger charge is -2.40. The van der Waals surface area contributed by atoms with E-state index in [4.69, 9.17) is 4.74 Å². The molecule has 0 spiro atoms. The number of ether oxygens (including phenoxy) is 1. The van der Waals surface area contributed by atoms with E-state index in [2.05, 4.69) is 39.9 Å². The number of nitrogens with one attached hydrogen (secondary N) is 1. The van der Waals surface area contributed by atoms with E-state index in [1.807, 2.05) is 7.05 Å². The van der Waals surface area contributed by atoms with Crippen molar-refractivity contribution in [3.05, 3.63) is 0 Å². The second-order valence-electron chi connectivity index (χ2n) is 6.91. The molecule has 1 saturated carbocycles. The van der Waals surface area contributed by atoms with Crippen LogP contribution in [0.2, 0.25) is 0 Å². The molecule has 0 aromatic heterocycles. The Bertz CT molecular complexity index is 227. The van der Waals surface area contributed by atoms with E-state index < -0.39 is 0 Å². The molecule has 0 radical (unpaired) electrons. The predicted octanol–water partition coefficient (Wildman–Crippen LogP) is 3.60. The Morgan fingerprint density at radius 1 is 1.29 bits per heavy atom. The molecule has 1 fully saturated rings. The molecule has 1 aliphatic rings. The van der Waals surface area contributed by atoms with E-state index >= 15 is 0 Å². The molecule has 0 aromatic rings. The molecule has 1 N–H and O–H groups in total. The molecule has 0 amide bonds. The van der Waals surface area contributed by atoms with Gasteiger partial charge in [0.15, 0.2) is 0 Å². The molecular weight excluding hydrogens is 210 g/mol. The van der Waals surface area contributed by atoms with Gasteiger partial charge in [0.1, 0.15) is 0 Å². The predicted molar refractivity (Wildman–Crippen MR) is 74.3 cm³/mol. The minimum atomic E-state index is 0.364. The Labute approximate surface area is 108 Å². The van der Waals surface area contributed by atoms with E-state index in [9.17, 15) is 0 Å². The Kier molecular flexibility index (Phi) is 5.46. The minimum Gasteiger partial charge on any atom is -0.375 e. The van der Waals surface area contributed by atoms with Gasteiger partial charge in [0.05, 0.1) is 12.2 Å². The van der Waals surface area contributed by atoms with Gasteiger partial charge in [-0.15, -0.1) is 0 Å². The van der Waals surface area contributed by atoms with Crippen LogP contribution in [0.3, 0.4) is 0 Å². The van der Waals surface area contributed by atoms with Gasteiger partial charge in [-0.05, 0) is 57.9 Å². The van der Waals surface area contributed by atoms with Gasteiger partial charge in [0, 0.05) is 6.04 Å². The van der Waals surface area contributed by atoms with Crippen LogP contribution in [0, 0.1) is 11.3 Å². The molecule has 0 aliphatic heterocycles. The molecular formula is C15H31NO. The lowest BCUT2D eigenvalue weighted by atomic mass is 9.71. The summed E-state index contributed by atoms with van der Waals surface area (Å²) in [5.74, 6) is 0.803. The smallest absolute Gasteiger partial charge is 0.0586 e. The fraction of sp³-hybridized carbons (Fsp3) is 1.00. The van der Waals surface area contributed by atoms with Crippen LogP contribution in [0.4, 0.5) is 0 Å². The molecule has 17 heavy (non-hydrogen) atoms. The van der Waals surface area contributed by atoms with Crippen molar-refractivity contribution in [2.45, 2.75) is 78.6 Å². The van der Waals surface area contributed by atoms with E-state index in [0.29, 0.717) is 23.7 Å². The van der Waals surface area contributed by atoms with Gasteiger partial charge in [0.2, 0.25) is 0 Å². The summed E-state index contributed by atoms with van der Waals surface area (Å²) in [5, 5.41) is 3.28. The minimum absolute atomic E-state index is 0.364. The zero-order chi connectivity index (χ0) is 13.1. The van der Waals surface area contributed by atoms with Crippen LogP contribution < -0.4 is 5.32 Å². The third-order valence-corrected chi connectivity index (χ3v) is 3.95. The van der Waals surface area contributed by atoms with Crippen LogP contribution >= 0.6 is 0 Å². The highest BCUT2D eigenvalue weighted by atomic mass is 16.5. The van der Waals surface area contributed by atoms with Crippen molar-refractivity contribution in [1.82, 2.24) is 5.32 Å². The molecule has 0 heterocycles. The summed E-state index contributed by atoms with van der Waals surface area (Å²) in [6.07, 6.45) is 5.73. The first-order valence-corrected chi connectivity index (χ1v) is 7.15. The summed E-state index contributed by atoms with van der Waals surface area (Å²) in [6, 6.07) is 0.541. The van der Waals surface area contributed by atoms with Crippen LogP contribution in [0.15, 0.2) is 0 Å². The zero-order valence-corrected chi connectivity index (χ0v) is 12.5. The lowest BCUT2D eigenvalue weighted by molar-refractivity contribution is -0.0629. The van der Waals surface area contributed by atoms with Crippen molar-refractivity contribution in [3.63, 3.8) is 0 Å².